The van der Waals surface area contributed by atoms with E-state index in [-0.39, 0.29) is 5.91 Å². The maximum absolute atomic E-state index is 12.7. The highest BCUT2D eigenvalue weighted by Crippen LogP contribution is 2.22. The highest BCUT2D eigenvalue weighted by molar-refractivity contribution is 6.04. The summed E-state index contributed by atoms with van der Waals surface area (Å²) in [6, 6.07) is 11.5. The van der Waals surface area contributed by atoms with Crippen LogP contribution in [-0.4, -0.2) is 20.9 Å². The van der Waals surface area contributed by atoms with Gasteiger partial charge in [0, 0.05) is 18.0 Å². The number of hydrogen-bond acceptors (Lipinski definition) is 5. The molecule has 2 aromatic heterocycles. The van der Waals surface area contributed by atoms with Crippen LogP contribution in [0.3, 0.4) is 0 Å². The number of aryl methyl sites for hydroxylation is 4. The highest BCUT2D eigenvalue weighted by Gasteiger charge is 2.14. The molecule has 3 rings (SSSR count). The molecule has 6 heteroatoms. The van der Waals surface area contributed by atoms with Gasteiger partial charge in [-0.1, -0.05) is 23.8 Å². The van der Waals surface area contributed by atoms with E-state index >= 15 is 0 Å². The minimum Gasteiger partial charge on any atom is -0.364 e. The normalized spacial score (nSPS) is 10.5. The van der Waals surface area contributed by atoms with Crippen LogP contribution in [0.4, 0.5) is 11.5 Å². The van der Waals surface area contributed by atoms with Crippen molar-refractivity contribution in [3.05, 3.63) is 76.5 Å². The third kappa shape index (κ3) is 4.67. The molecule has 0 aliphatic rings. The Bertz CT molecular complexity index is 947. The summed E-state index contributed by atoms with van der Waals surface area (Å²) < 4.78 is 0. The van der Waals surface area contributed by atoms with E-state index in [1.165, 1.54) is 5.56 Å². The lowest BCUT2D eigenvalue weighted by Gasteiger charge is -2.13. The summed E-state index contributed by atoms with van der Waals surface area (Å²) in [4.78, 5) is 25.6. The van der Waals surface area contributed by atoms with E-state index in [4.69, 9.17) is 0 Å². The van der Waals surface area contributed by atoms with Gasteiger partial charge in [-0.2, -0.15) is 0 Å². The highest BCUT2D eigenvalue weighted by atomic mass is 16.1. The summed E-state index contributed by atoms with van der Waals surface area (Å²) in [6.45, 7) is 8.31. The molecule has 0 bridgehead atoms. The van der Waals surface area contributed by atoms with Crippen LogP contribution in [0, 0.1) is 27.7 Å². The van der Waals surface area contributed by atoms with Crippen LogP contribution in [0.5, 0.6) is 0 Å². The van der Waals surface area contributed by atoms with Gasteiger partial charge in [0.15, 0.2) is 0 Å². The third-order valence-electron chi connectivity index (χ3n) is 4.16. The van der Waals surface area contributed by atoms with Crippen LogP contribution in [0.25, 0.3) is 0 Å². The van der Waals surface area contributed by atoms with Gasteiger partial charge in [0.1, 0.15) is 17.3 Å². The van der Waals surface area contributed by atoms with Crippen LogP contribution in [0.2, 0.25) is 0 Å². The van der Waals surface area contributed by atoms with Gasteiger partial charge >= 0.3 is 0 Å². The Morgan fingerprint density at radius 1 is 1.00 bits per heavy atom. The largest absolute Gasteiger partial charge is 0.364 e. The van der Waals surface area contributed by atoms with E-state index in [9.17, 15) is 4.79 Å². The fraction of sp³-hybridized carbons (Fsp3) is 0.238. The first-order chi connectivity index (χ1) is 12.9. The lowest BCUT2D eigenvalue weighted by molar-refractivity contribution is 0.102. The number of anilines is 2. The average Bonchev–Trinajstić information content (AvgIpc) is 2.63. The maximum Gasteiger partial charge on any atom is 0.274 e. The number of pyridine rings is 1. The molecule has 0 atom stereocenters. The van der Waals surface area contributed by atoms with Gasteiger partial charge in [-0.25, -0.2) is 9.97 Å². The van der Waals surface area contributed by atoms with Crippen molar-refractivity contribution in [2.45, 2.75) is 34.2 Å². The summed E-state index contributed by atoms with van der Waals surface area (Å²) in [7, 11) is 0. The average molecular weight is 361 g/mol. The molecule has 0 spiro atoms. The molecule has 6 nitrogen and oxygen atoms in total. The predicted molar refractivity (Wildman–Crippen MR) is 107 cm³/mol. The van der Waals surface area contributed by atoms with Crippen molar-refractivity contribution in [3.8, 4) is 0 Å². The predicted octanol–water partition coefficient (Wildman–Crippen LogP) is 3.97. The third-order valence-corrected chi connectivity index (χ3v) is 4.16. The summed E-state index contributed by atoms with van der Waals surface area (Å²) >= 11 is 0. The van der Waals surface area contributed by atoms with Crippen molar-refractivity contribution < 1.29 is 4.79 Å². The number of amides is 1. The summed E-state index contributed by atoms with van der Waals surface area (Å²) in [5.74, 6) is 0.871. The molecule has 0 saturated carbocycles. The molecule has 1 aromatic carbocycles. The van der Waals surface area contributed by atoms with E-state index in [0.717, 1.165) is 22.5 Å². The standard InChI is InChI=1S/C21H23N5O/c1-13-9-14(2)20(15(3)10-13)26-21(27)18-11-19(25-16(4)24-18)23-12-17-7-5-6-8-22-17/h5-11H,12H2,1-4H3,(H,26,27)(H,23,24,25). The molecule has 0 unspecified atom stereocenters. The Hall–Kier alpha value is -3.28. The fourth-order valence-electron chi connectivity index (χ4n) is 3.01. The summed E-state index contributed by atoms with van der Waals surface area (Å²) in [6.07, 6.45) is 1.74. The summed E-state index contributed by atoms with van der Waals surface area (Å²) in [5, 5.41) is 6.18. The second kappa shape index (κ2) is 7.95. The maximum atomic E-state index is 12.7. The molecule has 1 amide bonds. The monoisotopic (exact) mass is 361 g/mol. The first kappa shape index (κ1) is 18.5. The van der Waals surface area contributed by atoms with Crippen LogP contribution >= 0.6 is 0 Å². The molecule has 3 aromatic rings. The molecule has 2 heterocycles. The molecule has 138 valence electrons. The molecular weight excluding hydrogens is 338 g/mol. The van der Waals surface area contributed by atoms with Crippen molar-refractivity contribution in [1.29, 1.82) is 0 Å². The molecule has 0 aliphatic heterocycles. The van der Waals surface area contributed by atoms with E-state index in [1.54, 1.807) is 19.2 Å². The molecular formula is C21H23N5O. The smallest absolute Gasteiger partial charge is 0.274 e. The Morgan fingerprint density at radius 2 is 1.74 bits per heavy atom. The molecule has 27 heavy (non-hydrogen) atoms. The van der Waals surface area contributed by atoms with Crippen molar-refractivity contribution in [3.63, 3.8) is 0 Å². The second-order valence-electron chi connectivity index (χ2n) is 6.59. The number of benzene rings is 1. The number of carbonyl (C=O) groups is 1. The topological polar surface area (TPSA) is 79.8 Å². The minimum absolute atomic E-state index is 0.253. The van der Waals surface area contributed by atoms with E-state index in [2.05, 4.69) is 25.6 Å². The Labute approximate surface area is 159 Å². The van der Waals surface area contributed by atoms with Crippen molar-refractivity contribution in [1.82, 2.24) is 15.0 Å². The number of hydrogen-bond donors (Lipinski definition) is 2. The molecule has 0 aliphatic carbocycles. The Balaban J connectivity index is 1.78. The van der Waals surface area contributed by atoms with E-state index < -0.39 is 0 Å². The number of nitrogens with one attached hydrogen (secondary N) is 2. The van der Waals surface area contributed by atoms with Crippen LogP contribution in [0.1, 0.15) is 38.7 Å². The zero-order chi connectivity index (χ0) is 19.4. The van der Waals surface area contributed by atoms with Crippen molar-refractivity contribution >= 4 is 17.4 Å². The molecule has 0 radical (unpaired) electrons. The Morgan fingerprint density at radius 3 is 2.41 bits per heavy atom. The first-order valence-electron chi connectivity index (χ1n) is 8.81. The fourth-order valence-corrected chi connectivity index (χ4v) is 3.01. The van der Waals surface area contributed by atoms with Crippen LogP contribution in [0.15, 0.2) is 42.6 Å². The second-order valence-corrected chi connectivity index (χ2v) is 6.59. The van der Waals surface area contributed by atoms with Gasteiger partial charge in [0.25, 0.3) is 5.91 Å². The zero-order valence-electron chi connectivity index (χ0n) is 16.0. The van der Waals surface area contributed by atoms with E-state index in [0.29, 0.717) is 23.9 Å². The molecule has 2 N–H and O–H groups in total. The minimum atomic E-state index is -0.253. The zero-order valence-corrected chi connectivity index (χ0v) is 16.0. The van der Waals surface area contributed by atoms with Gasteiger partial charge in [0.05, 0.1) is 12.2 Å². The molecule has 0 fully saturated rings. The van der Waals surface area contributed by atoms with E-state index in [1.807, 2.05) is 51.1 Å². The van der Waals surface area contributed by atoms with Gasteiger partial charge in [-0.15, -0.1) is 0 Å². The lowest BCUT2D eigenvalue weighted by atomic mass is 10.0. The van der Waals surface area contributed by atoms with Crippen molar-refractivity contribution in [2.75, 3.05) is 10.6 Å². The van der Waals surface area contributed by atoms with Gasteiger partial charge in [-0.05, 0) is 51.0 Å². The van der Waals surface area contributed by atoms with Crippen LogP contribution < -0.4 is 10.6 Å². The van der Waals surface area contributed by atoms with Gasteiger partial charge in [0.2, 0.25) is 0 Å². The summed E-state index contributed by atoms with van der Waals surface area (Å²) in [5.41, 5.74) is 5.27. The van der Waals surface area contributed by atoms with Crippen LogP contribution in [-0.2, 0) is 6.54 Å². The number of rotatable bonds is 5. The first-order valence-corrected chi connectivity index (χ1v) is 8.81. The number of carbonyl (C=O) groups excluding carboxylic acids is 1. The lowest BCUT2D eigenvalue weighted by Crippen LogP contribution is -2.17. The Kier molecular flexibility index (Phi) is 5.45. The quantitative estimate of drug-likeness (QED) is 0.719. The van der Waals surface area contributed by atoms with Crippen molar-refractivity contribution in [2.24, 2.45) is 0 Å². The SMILES string of the molecule is Cc1cc(C)c(NC(=O)c2cc(NCc3ccccn3)nc(C)n2)c(C)c1. The number of nitrogens with zero attached hydrogens (tertiary/aromatic N) is 3. The van der Waals surface area contributed by atoms with Gasteiger partial charge < -0.3 is 10.6 Å². The van der Waals surface area contributed by atoms with Gasteiger partial charge in [-0.3, -0.25) is 9.78 Å². The number of aromatic nitrogens is 3. The molecule has 0 saturated heterocycles.